The molecule has 0 fully saturated rings. The number of nitrogens with zero attached hydrogens (tertiary/aromatic N) is 6. The van der Waals surface area contributed by atoms with Crippen LogP contribution in [-0.4, -0.2) is 24.7 Å². The lowest BCUT2D eigenvalue weighted by molar-refractivity contribution is 0.843. The van der Waals surface area contributed by atoms with Gasteiger partial charge in [-0.2, -0.15) is 10.4 Å². The van der Waals surface area contributed by atoms with Crippen molar-refractivity contribution in [1.82, 2.24) is 24.7 Å². The van der Waals surface area contributed by atoms with Crippen molar-refractivity contribution in [2.75, 3.05) is 5.32 Å². The maximum Gasteiger partial charge on any atom is 0.171 e. The Bertz CT molecular complexity index is 1130. The Morgan fingerprint density at radius 1 is 1.04 bits per heavy atom. The van der Waals surface area contributed by atoms with E-state index in [1.165, 1.54) is 0 Å². The first-order valence-electron chi connectivity index (χ1n) is 7.99. The van der Waals surface area contributed by atoms with E-state index in [9.17, 15) is 5.26 Å². The van der Waals surface area contributed by atoms with Gasteiger partial charge >= 0.3 is 0 Å². The highest BCUT2D eigenvalue weighted by atomic mass is 79.9. The Labute approximate surface area is 163 Å². The minimum absolute atomic E-state index is 0.451. The Morgan fingerprint density at radius 3 is 2.70 bits per heavy atom. The molecule has 7 nitrogen and oxygen atoms in total. The molecule has 0 saturated carbocycles. The molecule has 27 heavy (non-hydrogen) atoms. The van der Waals surface area contributed by atoms with Crippen LogP contribution < -0.4 is 5.32 Å². The lowest BCUT2D eigenvalue weighted by Crippen LogP contribution is -2.00. The van der Waals surface area contributed by atoms with Gasteiger partial charge in [0.15, 0.2) is 11.6 Å². The molecule has 1 N–H and O–H groups in total. The van der Waals surface area contributed by atoms with Gasteiger partial charge in [-0.05, 0) is 30.3 Å². The van der Waals surface area contributed by atoms with E-state index in [-0.39, 0.29) is 0 Å². The summed E-state index contributed by atoms with van der Waals surface area (Å²) in [6.45, 7) is 0. The molecule has 0 unspecified atom stereocenters. The van der Waals surface area contributed by atoms with Gasteiger partial charge in [0.2, 0.25) is 0 Å². The number of hydrogen-bond acceptors (Lipinski definition) is 6. The first-order chi connectivity index (χ1) is 13.2. The molecule has 0 radical (unpaired) electrons. The van der Waals surface area contributed by atoms with E-state index in [0.717, 1.165) is 15.7 Å². The van der Waals surface area contributed by atoms with Gasteiger partial charge in [0.1, 0.15) is 11.9 Å². The van der Waals surface area contributed by atoms with Gasteiger partial charge in [0.05, 0.1) is 23.6 Å². The van der Waals surface area contributed by atoms with Crippen LogP contribution in [-0.2, 0) is 0 Å². The van der Waals surface area contributed by atoms with E-state index in [2.05, 4.69) is 47.4 Å². The molecule has 0 bridgehead atoms. The molecule has 0 aliphatic carbocycles. The predicted molar refractivity (Wildman–Crippen MR) is 105 cm³/mol. The van der Waals surface area contributed by atoms with Crippen LogP contribution in [0.1, 0.15) is 5.56 Å². The second-order valence-electron chi connectivity index (χ2n) is 5.56. The summed E-state index contributed by atoms with van der Waals surface area (Å²) in [6, 6.07) is 15.1. The van der Waals surface area contributed by atoms with Gasteiger partial charge in [-0.3, -0.25) is 0 Å². The van der Waals surface area contributed by atoms with Gasteiger partial charge in [0, 0.05) is 22.4 Å². The van der Waals surface area contributed by atoms with Crippen LogP contribution in [0.4, 0.5) is 11.5 Å². The van der Waals surface area contributed by atoms with Gasteiger partial charge in [-0.25, -0.2) is 19.6 Å². The van der Waals surface area contributed by atoms with Crippen molar-refractivity contribution in [3.8, 4) is 23.3 Å². The number of benzene rings is 1. The molecule has 4 aromatic rings. The minimum atomic E-state index is 0.451. The molecule has 0 spiro atoms. The standard InChI is InChI=1S/C19H12BrN7/c20-15-5-3-13(4-6-15)18-22-9-7-17(26-18)25-16-11-24-27(12-16)19-14(10-21)2-1-8-23-19/h1-9,11-12H,(H,22,25,26). The number of nitrogens with one attached hydrogen (secondary N) is 1. The van der Waals surface area contributed by atoms with E-state index >= 15 is 0 Å². The lowest BCUT2D eigenvalue weighted by atomic mass is 10.2. The Hall–Kier alpha value is -3.57. The summed E-state index contributed by atoms with van der Waals surface area (Å²) < 4.78 is 2.55. The van der Waals surface area contributed by atoms with Crippen LogP contribution in [0, 0.1) is 11.3 Å². The van der Waals surface area contributed by atoms with Crippen molar-refractivity contribution in [3.05, 3.63) is 77.3 Å². The van der Waals surface area contributed by atoms with Gasteiger partial charge in [-0.1, -0.05) is 28.1 Å². The van der Waals surface area contributed by atoms with Crippen LogP contribution in [0.2, 0.25) is 0 Å². The van der Waals surface area contributed by atoms with E-state index in [0.29, 0.717) is 23.0 Å². The summed E-state index contributed by atoms with van der Waals surface area (Å²) in [5.74, 6) is 1.74. The van der Waals surface area contributed by atoms with Gasteiger partial charge in [0.25, 0.3) is 0 Å². The summed E-state index contributed by atoms with van der Waals surface area (Å²) in [5, 5.41) is 16.7. The third kappa shape index (κ3) is 3.68. The molecule has 4 rings (SSSR count). The van der Waals surface area contributed by atoms with E-state index in [1.807, 2.05) is 24.3 Å². The minimum Gasteiger partial charge on any atom is -0.338 e. The summed E-state index contributed by atoms with van der Waals surface area (Å²) in [5.41, 5.74) is 2.10. The van der Waals surface area contributed by atoms with Crippen molar-refractivity contribution in [3.63, 3.8) is 0 Å². The third-order valence-corrected chi connectivity index (χ3v) is 4.27. The quantitative estimate of drug-likeness (QED) is 0.537. The zero-order chi connectivity index (χ0) is 18.6. The number of hydrogen-bond donors (Lipinski definition) is 1. The van der Waals surface area contributed by atoms with Crippen molar-refractivity contribution in [1.29, 1.82) is 5.26 Å². The molecule has 0 atom stereocenters. The lowest BCUT2D eigenvalue weighted by Gasteiger charge is -2.05. The topological polar surface area (TPSA) is 92.3 Å². The number of aromatic nitrogens is 5. The molecule has 8 heteroatoms. The van der Waals surface area contributed by atoms with Crippen molar-refractivity contribution >= 4 is 27.4 Å². The number of halogens is 1. The maximum atomic E-state index is 9.21. The summed E-state index contributed by atoms with van der Waals surface area (Å²) in [6.07, 6.45) is 6.73. The van der Waals surface area contributed by atoms with Gasteiger partial charge in [-0.15, -0.1) is 0 Å². The van der Waals surface area contributed by atoms with Crippen molar-refractivity contribution in [2.45, 2.75) is 0 Å². The van der Waals surface area contributed by atoms with Crippen LogP contribution in [0.25, 0.3) is 17.2 Å². The number of nitriles is 1. The molecule has 3 heterocycles. The SMILES string of the molecule is N#Cc1cccnc1-n1cc(Nc2ccnc(-c3ccc(Br)cc3)n2)cn1. The molecule has 0 aliphatic heterocycles. The fourth-order valence-electron chi connectivity index (χ4n) is 2.48. The first-order valence-corrected chi connectivity index (χ1v) is 8.78. The smallest absolute Gasteiger partial charge is 0.171 e. The van der Waals surface area contributed by atoms with E-state index in [1.54, 1.807) is 47.7 Å². The fourth-order valence-corrected chi connectivity index (χ4v) is 2.75. The fraction of sp³-hybridized carbons (Fsp3) is 0. The van der Waals surface area contributed by atoms with E-state index in [4.69, 9.17) is 0 Å². The molecule has 0 saturated heterocycles. The van der Waals surface area contributed by atoms with Crippen LogP contribution >= 0.6 is 15.9 Å². The molecule has 0 aliphatic rings. The van der Waals surface area contributed by atoms with Crippen LogP contribution in [0.5, 0.6) is 0 Å². The normalized spacial score (nSPS) is 10.4. The summed E-state index contributed by atoms with van der Waals surface area (Å²) in [7, 11) is 0. The number of pyridine rings is 1. The molecular formula is C19H12BrN7. The highest BCUT2D eigenvalue weighted by molar-refractivity contribution is 9.10. The number of rotatable bonds is 4. The first kappa shape index (κ1) is 16.9. The average Bonchev–Trinajstić information content (AvgIpc) is 3.17. The molecule has 1 aromatic carbocycles. The largest absolute Gasteiger partial charge is 0.338 e. The maximum absolute atomic E-state index is 9.21. The third-order valence-electron chi connectivity index (χ3n) is 3.74. The Morgan fingerprint density at radius 2 is 1.89 bits per heavy atom. The summed E-state index contributed by atoms with van der Waals surface area (Å²) >= 11 is 3.42. The molecule has 130 valence electrons. The predicted octanol–water partition coefficient (Wildman–Crippen LogP) is 4.10. The molecule has 0 amide bonds. The van der Waals surface area contributed by atoms with Crippen LogP contribution in [0.3, 0.4) is 0 Å². The van der Waals surface area contributed by atoms with Gasteiger partial charge < -0.3 is 5.32 Å². The summed E-state index contributed by atoms with van der Waals surface area (Å²) in [4.78, 5) is 13.1. The monoisotopic (exact) mass is 417 g/mol. The Balaban J connectivity index is 1.59. The average molecular weight is 418 g/mol. The zero-order valence-corrected chi connectivity index (χ0v) is 15.5. The highest BCUT2D eigenvalue weighted by Gasteiger charge is 2.08. The van der Waals surface area contributed by atoms with Crippen molar-refractivity contribution in [2.24, 2.45) is 0 Å². The molecule has 3 aromatic heterocycles. The van der Waals surface area contributed by atoms with Crippen LogP contribution in [0.15, 0.2) is 71.7 Å². The second-order valence-corrected chi connectivity index (χ2v) is 6.47. The van der Waals surface area contributed by atoms with Crippen molar-refractivity contribution < 1.29 is 0 Å². The molecular weight excluding hydrogens is 406 g/mol. The highest BCUT2D eigenvalue weighted by Crippen LogP contribution is 2.21. The Kier molecular flexibility index (Phi) is 4.60. The second kappa shape index (κ2) is 7.35. The number of anilines is 2. The van der Waals surface area contributed by atoms with E-state index < -0.39 is 0 Å². The zero-order valence-electron chi connectivity index (χ0n) is 13.9.